The van der Waals surface area contributed by atoms with E-state index in [0.29, 0.717) is 31.6 Å². The van der Waals surface area contributed by atoms with Crippen molar-refractivity contribution < 1.29 is 9.59 Å². The van der Waals surface area contributed by atoms with E-state index >= 15 is 0 Å². The van der Waals surface area contributed by atoms with E-state index in [-0.39, 0.29) is 24.2 Å². The van der Waals surface area contributed by atoms with Gasteiger partial charge in [0, 0.05) is 65.3 Å². The number of Topliss-reactive ketones (excluding diaryl/α,β-unsaturated/α-hetero) is 1. The van der Waals surface area contributed by atoms with Crippen LogP contribution in [0.2, 0.25) is 0 Å². The number of nitrogens with zero attached hydrogens (tertiary/aromatic N) is 2. The van der Waals surface area contributed by atoms with Crippen molar-refractivity contribution in [2.24, 2.45) is 0 Å². The molecule has 7 rings (SSSR count). The summed E-state index contributed by atoms with van der Waals surface area (Å²) in [6.45, 7) is 1.97. The Kier molecular flexibility index (Phi) is 7.35. The lowest BCUT2D eigenvalue weighted by molar-refractivity contribution is -0.141. The normalized spacial score (nSPS) is 16.0. The lowest BCUT2D eigenvalue weighted by atomic mass is 9.90. The quantitative estimate of drug-likeness (QED) is 0.199. The average molecular weight is 567 g/mol. The number of H-pyrrole nitrogens is 2. The van der Waals surface area contributed by atoms with Gasteiger partial charge in [0.25, 0.3) is 0 Å². The molecule has 0 aliphatic carbocycles. The van der Waals surface area contributed by atoms with Crippen LogP contribution in [0.1, 0.15) is 33.0 Å². The van der Waals surface area contributed by atoms with E-state index in [1.807, 2.05) is 59.6 Å². The predicted molar refractivity (Wildman–Crippen MR) is 171 cm³/mol. The van der Waals surface area contributed by atoms with Crippen LogP contribution in [0.5, 0.6) is 0 Å². The second-order valence-electron chi connectivity index (χ2n) is 11.4. The van der Waals surface area contributed by atoms with E-state index in [0.717, 1.165) is 27.4 Å². The van der Waals surface area contributed by atoms with Gasteiger partial charge in [-0.05, 0) is 35.2 Å². The zero-order valence-electron chi connectivity index (χ0n) is 23.9. The predicted octanol–water partition coefficient (Wildman–Crippen LogP) is 6.42. The molecule has 1 unspecified atom stereocenters. The van der Waals surface area contributed by atoms with Crippen LogP contribution in [-0.4, -0.2) is 63.7 Å². The Balaban J connectivity index is 1.19. The van der Waals surface area contributed by atoms with Gasteiger partial charge < -0.3 is 14.9 Å². The highest BCUT2D eigenvalue weighted by atomic mass is 16.2. The van der Waals surface area contributed by atoms with Crippen molar-refractivity contribution in [3.8, 4) is 0 Å². The number of fused-ring (bicyclic) bond motifs is 2. The maximum absolute atomic E-state index is 14.4. The first-order valence-electron chi connectivity index (χ1n) is 14.9. The highest BCUT2D eigenvalue weighted by Crippen LogP contribution is 2.29. The molecule has 0 radical (unpaired) electrons. The van der Waals surface area contributed by atoms with Crippen molar-refractivity contribution in [2.75, 3.05) is 26.2 Å². The van der Waals surface area contributed by atoms with Crippen molar-refractivity contribution in [1.29, 1.82) is 0 Å². The van der Waals surface area contributed by atoms with E-state index in [1.54, 1.807) is 6.20 Å². The van der Waals surface area contributed by atoms with Crippen molar-refractivity contribution >= 4 is 33.5 Å². The zero-order chi connectivity index (χ0) is 29.2. The molecule has 1 aliphatic heterocycles. The van der Waals surface area contributed by atoms with Crippen LogP contribution < -0.4 is 0 Å². The van der Waals surface area contributed by atoms with Crippen LogP contribution in [0.3, 0.4) is 0 Å². The molecule has 3 heterocycles. The Hall–Kier alpha value is -4.94. The molecule has 2 N–H and O–H groups in total. The van der Waals surface area contributed by atoms with Crippen LogP contribution in [0.15, 0.2) is 122 Å². The molecule has 1 aliphatic rings. The molecule has 2 aromatic heterocycles. The van der Waals surface area contributed by atoms with Crippen LogP contribution in [0.4, 0.5) is 0 Å². The Bertz CT molecular complexity index is 1840. The van der Waals surface area contributed by atoms with Gasteiger partial charge in [0.2, 0.25) is 5.91 Å². The maximum Gasteiger partial charge on any atom is 0.240 e. The van der Waals surface area contributed by atoms with Crippen LogP contribution >= 0.6 is 0 Å². The summed E-state index contributed by atoms with van der Waals surface area (Å²) in [7, 11) is 0. The van der Waals surface area contributed by atoms with Crippen LogP contribution in [-0.2, 0) is 11.2 Å². The number of piperazine rings is 1. The summed E-state index contributed by atoms with van der Waals surface area (Å²) in [4.78, 5) is 38.8. The summed E-state index contributed by atoms with van der Waals surface area (Å²) < 4.78 is 0. The first kappa shape index (κ1) is 26.9. The third kappa shape index (κ3) is 5.38. The third-order valence-corrected chi connectivity index (χ3v) is 8.83. The largest absolute Gasteiger partial charge is 0.361 e. The van der Waals surface area contributed by atoms with E-state index in [4.69, 9.17) is 0 Å². The number of benzene rings is 4. The first-order valence-corrected chi connectivity index (χ1v) is 14.9. The number of aromatic amines is 2. The van der Waals surface area contributed by atoms with E-state index in [9.17, 15) is 9.59 Å². The van der Waals surface area contributed by atoms with Gasteiger partial charge in [-0.15, -0.1) is 0 Å². The van der Waals surface area contributed by atoms with Gasteiger partial charge in [0.15, 0.2) is 5.78 Å². The highest BCUT2D eigenvalue weighted by molar-refractivity contribution is 6.09. The lowest BCUT2D eigenvalue weighted by Gasteiger charge is -2.41. The van der Waals surface area contributed by atoms with E-state index < -0.39 is 6.04 Å². The number of ketones is 1. The zero-order valence-corrected chi connectivity index (χ0v) is 23.9. The molecule has 0 saturated carbocycles. The molecule has 4 aromatic carbocycles. The molecule has 214 valence electrons. The topological polar surface area (TPSA) is 72.2 Å². The number of amides is 1. The Morgan fingerprint density at radius 1 is 0.721 bits per heavy atom. The van der Waals surface area contributed by atoms with Crippen molar-refractivity contribution in [3.63, 3.8) is 0 Å². The van der Waals surface area contributed by atoms with Gasteiger partial charge in [-0.3, -0.25) is 14.5 Å². The minimum atomic E-state index is -0.450. The fraction of sp³-hybridized carbons (Fsp3) is 0.189. The average Bonchev–Trinajstić information content (AvgIpc) is 3.68. The Labute approximate surface area is 251 Å². The van der Waals surface area contributed by atoms with Gasteiger partial charge in [-0.1, -0.05) is 97.1 Å². The second-order valence-corrected chi connectivity index (χ2v) is 11.4. The molecule has 0 spiro atoms. The summed E-state index contributed by atoms with van der Waals surface area (Å²) in [5, 5.41) is 2.03. The number of nitrogens with one attached hydrogen (secondary N) is 2. The molecule has 1 saturated heterocycles. The van der Waals surface area contributed by atoms with Crippen LogP contribution in [0.25, 0.3) is 21.8 Å². The first-order chi connectivity index (χ1) is 21.2. The summed E-state index contributed by atoms with van der Waals surface area (Å²) in [5.41, 5.74) is 6.12. The second kappa shape index (κ2) is 11.7. The highest BCUT2D eigenvalue weighted by Gasteiger charge is 2.37. The summed E-state index contributed by atoms with van der Waals surface area (Å²) in [6, 6.07) is 36.4. The number of hydrogen-bond acceptors (Lipinski definition) is 3. The number of rotatable bonds is 9. The minimum absolute atomic E-state index is 0.0223. The molecule has 6 nitrogen and oxygen atoms in total. The summed E-state index contributed by atoms with van der Waals surface area (Å²) in [5.74, 6) is 0.147. The standard InChI is InChI=1S/C37H34N4O2/c42-36(31-23-39-34-18-10-8-16-30(31)34)25-40-19-20-41(24-32(26-11-3-1-4-12-26)27-13-5-2-6-14-27)37(43)35(40)21-28-22-38-33-17-9-7-15-29(28)33/h1-18,22-23,32,35,38-39H,19-21,24-25H2. The van der Waals surface area contributed by atoms with Crippen molar-refractivity contribution in [1.82, 2.24) is 19.8 Å². The number of carbonyl (C=O) groups is 2. The summed E-state index contributed by atoms with van der Waals surface area (Å²) >= 11 is 0. The monoisotopic (exact) mass is 566 g/mol. The number of para-hydroxylation sites is 2. The molecule has 6 heteroatoms. The van der Waals surface area contributed by atoms with E-state index in [2.05, 4.69) is 75.5 Å². The summed E-state index contributed by atoms with van der Waals surface area (Å²) in [6.07, 6.45) is 4.33. The van der Waals surface area contributed by atoms with Gasteiger partial charge in [0.1, 0.15) is 0 Å². The molecule has 43 heavy (non-hydrogen) atoms. The number of hydrogen-bond donors (Lipinski definition) is 2. The third-order valence-electron chi connectivity index (χ3n) is 8.83. The molecular weight excluding hydrogens is 532 g/mol. The van der Waals surface area contributed by atoms with Crippen molar-refractivity contribution in [2.45, 2.75) is 18.4 Å². The fourth-order valence-electron chi connectivity index (χ4n) is 6.54. The minimum Gasteiger partial charge on any atom is -0.361 e. The van der Waals surface area contributed by atoms with Gasteiger partial charge in [-0.25, -0.2) is 0 Å². The van der Waals surface area contributed by atoms with Crippen LogP contribution in [0, 0.1) is 0 Å². The molecule has 1 atom stereocenters. The van der Waals surface area contributed by atoms with Crippen molar-refractivity contribution in [3.05, 3.63) is 144 Å². The molecular formula is C37H34N4O2. The smallest absolute Gasteiger partial charge is 0.240 e. The fourth-order valence-corrected chi connectivity index (χ4v) is 6.54. The maximum atomic E-state index is 14.4. The number of carbonyl (C=O) groups excluding carboxylic acids is 2. The van der Waals surface area contributed by atoms with Gasteiger partial charge in [0.05, 0.1) is 12.6 Å². The molecule has 1 amide bonds. The Morgan fingerprint density at radius 3 is 2.00 bits per heavy atom. The molecule has 1 fully saturated rings. The SMILES string of the molecule is O=C(CN1CCN(CC(c2ccccc2)c2ccccc2)C(=O)C1Cc1c[nH]c2ccccc12)c1c[nH]c2ccccc12. The van der Waals surface area contributed by atoms with E-state index in [1.165, 1.54) is 11.1 Å². The van der Waals surface area contributed by atoms with Gasteiger partial charge in [-0.2, -0.15) is 0 Å². The number of aromatic nitrogens is 2. The lowest BCUT2D eigenvalue weighted by Crippen LogP contribution is -2.59. The van der Waals surface area contributed by atoms with Gasteiger partial charge >= 0.3 is 0 Å². The molecule has 6 aromatic rings. The Morgan fingerprint density at radius 2 is 1.30 bits per heavy atom. The molecule has 0 bridgehead atoms.